The summed E-state index contributed by atoms with van der Waals surface area (Å²) in [6.07, 6.45) is 7.40. The van der Waals surface area contributed by atoms with Crippen LogP contribution in [-0.4, -0.2) is 41.0 Å². The highest BCUT2D eigenvalue weighted by Crippen LogP contribution is 2.38. The third kappa shape index (κ3) is 5.28. The van der Waals surface area contributed by atoms with E-state index in [0.717, 1.165) is 45.8 Å². The number of methoxy groups -OCH3 is 1. The zero-order valence-electron chi connectivity index (χ0n) is 18.6. The van der Waals surface area contributed by atoms with E-state index >= 15 is 0 Å². The molecule has 2 fully saturated rings. The molecule has 1 saturated heterocycles. The number of thiocarbonyl (C=S) groups is 1. The van der Waals surface area contributed by atoms with E-state index in [1.54, 1.807) is 7.11 Å². The van der Waals surface area contributed by atoms with Crippen molar-refractivity contribution >= 4 is 61.2 Å². The summed E-state index contributed by atoms with van der Waals surface area (Å²) in [5, 5.41) is 0.582. The van der Waals surface area contributed by atoms with Crippen LogP contribution in [0.25, 0.3) is 6.08 Å². The molecule has 1 saturated carbocycles. The number of carbonyl (C=O) groups excluding carboxylic acids is 1. The van der Waals surface area contributed by atoms with Gasteiger partial charge in [-0.25, -0.2) is 0 Å². The van der Waals surface area contributed by atoms with Gasteiger partial charge in [-0.05, 0) is 82.5 Å². The highest BCUT2D eigenvalue weighted by Gasteiger charge is 2.40. The molecule has 1 amide bonds. The van der Waals surface area contributed by atoms with Gasteiger partial charge in [-0.15, -0.1) is 0 Å². The lowest BCUT2D eigenvalue weighted by Gasteiger charge is -2.30. The molecule has 0 N–H and O–H groups in total. The Morgan fingerprint density at radius 3 is 2.48 bits per heavy atom. The van der Waals surface area contributed by atoms with Gasteiger partial charge in [-0.2, -0.15) is 0 Å². The molecule has 0 aromatic heterocycles. The van der Waals surface area contributed by atoms with Crippen molar-refractivity contribution in [3.05, 3.63) is 62.2 Å². The molecule has 1 aliphatic heterocycles. The normalized spacial score (nSPS) is 18.4. The number of carbonyl (C=O) groups is 1. The van der Waals surface area contributed by atoms with E-state index in [4.69, 9.17) is 21.7 Å². The Morgan fingerprint density at radius 1 is 1.12 bits per heavy atom. The molecular weight excluding hydrogens is 568 g/mol. The Balaban J connectivity index is 1.57. The van der Waals surface area contributed by atoms with Gasteiger partial charge >= 0.3 is 0 Å². The molecule has 4 rings (SSSR count). The smallest absolute Gasteiger partial charge is 0.277 e. The van der Waals surface area contributed by atoms with Gasteiger partial charge in [-0.3, -0.25) is 9.69 Å². The number of ether oxygens (including phenoxy) is 2. The van der Waals surface area contributed by atoms with Crippen LogP contribution in [0.2, 0.25) is 0 Å². The average molecular weight is 594 g/mol. The van der Waals surface area contributed by atoms with E-state index in [1.165, 1.54) is 6.42 Å². The molecule has 1 heterocycles. The van der Waals surface area contributed by atoms with Crippen LogP contribution in [0.4, 0.5) is 0 Å². The summed E-state index contributed by atoms with van der Waals surface area (Å²) < 4.78 is 13.4. The van der Waals surface area contributed by atoms with Crippen molar-refractivity contribution in [2.24, 2.45) is 0 Å². The summed E-state index contributed by atoms with van der Waals surface area (Å²) in [6, 6.07) is 12.0. The quantitative estimate of drug-likeness (QED) is 0.281. The highest BCUT2D eigenvalue weighted by atomic mass is 79.9. The second-order valence-electron chi connectivity index (χ2n) is 8.29. The molecule has 0 unspecified atom stereocenters. The summed E-state index contributed by atoms with van der Waals surface area (Å²) in [6.45, 7) is 0.411. The summed E-state index contributed by atoms with van der Waals surface area (Å²) in [4.78, 5) is 16.9. The fourth-order valence-corrected chi connectivity index (χ4v) is 5.46. The van der Waals surface area contributed by atoms with Crippen molar-refractivity contribution in [3.63, 3.8) is 0 Å². The van der Waals surface area contributed by atoms with Crippen LogP contribution in [0.5, 0.6) is 11.5 Å². The van der Waals surface area contributed by atoms with E-state index in [1.807, 2.05) is 59.3 Å². The first-order valence-corrected chi connectivity index (χ1v) is 13.0. The number of nitrogens with zero attached hydrogens (tertiary/aromatic N) is 2. The molecule has 2 aromatic carbocycles. The molecule has 174 valence electrons. The Hall–Kier alpha value is -1.90. The summed E-state index contributed by atoms with van der Waals surface area (Å²) >= 11 is 12.7. The van der Waals surface area contributed by atoms with Crippen molar-refractivity contribution in [2.45, 2.75) is 44.8 Å². The largest absolute Gasteiger partial charge is 0.493 e. The Kier molecular flexibility index (Phi) is 7.76. The zero-order valence-corrected chi connectivity index (χ0v) is 22.6. The monoisotopic (exact) mass is 592 g/mol. The number of amides is 1. The molecular formula is C25H26Br2N2O3S. The molecule has 5 nitrogen and oxygen atoms in total. The third-order valence-corrected chi connectivity index (χ3v) is 7.67. The lowest BCUT2D eigenvalue weighted by molar-refractivity contribution is -0.124. The molecule has 0 bridgehead atoms. The number of benzene rings is 2. The lowest BCUT2D eigenvalue weighted by Crippen LogP contribution is -2.41. The zero-order chi connectivity index (χ0) is 23.5. The van der Waals surface area contributed by atoms with Gasteiger partial charge in [0.2, 0.25) is 0 Å². The fraction of sp³-hybridized carbons (Fsp3) is 0.360. The summed E-state index contributed by atoms with van der Waals surface area (Å²) in [5.41, 5.74) is 2.45. The predicted octanol–water partition coefficient (Wildman–Crippen LogP) is 6.53. The van der Waals surface area contributed by atoms with Crippen LogP contribution in [0.3, 0.4) is 0 Å². The molecule has 1 aliphatic carbocycles. The van der Waals surface area contributed by atoms with Crippen molar-refractivity contribution in [1.82, 2.24) is 9.80 Å². The van der Waals surface area contributed by atoms with E-state index in [0.29, 0.717) is 28.9 Å². The van der Waals surface area contributed by atoms with Gasteiger partial charge in [0.15, 0.2) is 16.6 Å². The van der Waals surface area contributed by atoms with Crippen LogP contribution in [-0.2, 0) is 11.4 Å². The van der Waals surface area contributed by atoms with Crippen molar-refractivity contribution in [2.75, 3.05) is 14.2 Å². The van der Waals surface area contributed by atoms with E-state index in [-0.39, 0.29) is 11.9 Å². The number of hydrogen-bond acceptors (Lipinski definition) is 4. The minimum absolute atomic E-state index is 0.0277. The number of rotatable bonds is 6. The van der Waals surface area contributed by atoms with Gasteiger partial charge in [0.25, 0.3) is 5.91 Å². The maximum atomic E-state index is 13.3. The summed E-state index contributed by atoms with van der Waals surface area (Å²) in [7, 11) is 3.47. The number of halogens is 2. The van der Waals surface area contributed by atoms with E-state index in [2.05, 4.69) is 31.9 Å². The maximum absolute atomic E-state index is 13.3. The highest BCUT2D eigenvalue weighted by molar-refractivity contribution is 9.10. The molecule has 0 spiro atoms. The minimum Gasteiger partial charge on any atom is -0.493 e. The van der Waals surface area contributed by atoms with Gasteiger partial charge in [-0.1, -0.05) is 47.3 Å². The number of hydrogen-bond donors (Lipinski definition) is 0. The fourth-order valence-electron chi connectivity index (χ4n) is 4.30. The first-order valence-electron chi connectivity index (χ1n) is 11.0. The Bertz CT molecular complexity index is 1080. The second-order valence-corrected chi connectivity index (χ2v) is 10.4. The van der Waals surface area contributed by atoms with Crippen molar-refractivity contribution < 1.29 is 14.3 Å². The second kappa shape index (κ2) is 10.6. The molecule has 0 radical (unpaired) electrons. The molecule has 2 aliphatic rings. The minimum atomic E-state index is -0.0277. The lowest BCUT2D eigenvalue weighted by atomic mass is 9.94. The topological polar surface area (TPSA) is 42.0 Å². The van der Waals surface area contributed by atoms with Gasteiger partial charge < -0.3 is 14.4 Å². The Morgan fingerprint density at radius 2 is 1.82 bits per heavy atom. The van der Waals surface area contributed by atoms with Crippen LogP contribution >= 0.6 is 44.1 Å². The van der Waals surface area contributed by atoms with E-state index < -0.39 is 0 Å². The van der Waals surface area contributed by atoms with Crippen LogP contribution in [0, 0.1) is 0 Å². The standard InChI is InChI=1S/C25H26Br2N2O3S/c1-28-21(24(30)29(25(28)33)19-6-4-3-5-7-19)13-17-12-20(27)23(22(14-17)31-2)32-15-16-8-10-18(26)11-9-16/h8-14,19H,3-7,15H2,1-2H3/b21-13-. The first kappa shape index (κ1) is 24.2. The first-order chi connectivity index (χ1) is 15.9. The van der Waals surface area contributed by atoms with Crippen molar-refractivity contribution in [1.29, 1.82) is 0 Å². The van der Waals surface area contributed by atoms with Crippen molar-refractivity contribution in [3.8, 4) is 11.5 Å². The molecule has 2 aromatic rings. The Labute approximate surface area is 217 Å². The average Bonchev–Trinajstić information content (AvgIpc) is 3.02. The van der Waals surface area contributed by atoms with Crippen LogP contribution in [0.15, 0.2) is 51.0 Å². The van der Waals surface area contributed by atoms with Gasteiger partial charge in [0.05, 0.1) is 11.6 Å². The SMILES string of the molecule is COc1cc(/C=C2/C(=O)N(C3CCCCC3)C(=S)N2C)cc(Br)c1OCc1ccc(Br)cc1. The van der Waals surface area contributed by atoms with E-state index in [9.17, 15) is 4.79 Å². The van der Waals surface area contributed by atoms with Crippen LogP contribution < -0.4 is 9.47 Å². The molecule has 33 heavy (non-hydrogen) atoms. The molecule has 8 heteroatoms. The maximum Gasteiger partial charge on any atom is 0.277 e. The van der Waals surface area contributed by atoms with Gasteiger partial charge in [0.1, 0.15) is 12.3 Å². The third-order valence-electron chi connectivity index (χ3n) is 6.08. The summed E-state index contributed by atoms with van der Waals surface area (Å²) in [5.74, 6) is 1.18. The van der Waals surface area contributed by atoms with Gasteiger partial charge in [0, 0.05) is 17.6 Å². The van der Waals surface area contributed by atoms with Crippen LogP contribution in [0.1, 0.15) is 43.2 Å². The predicted molar refractivity (Wildman–Crippen MR) is 141 cm³/mol. The molecule has 0 atom stereocenters. The number of likely N-dealkylation sites (N-methyl/N-ethyl adjacent to an activating group) is 1.